The first-order valence-corrected chi connectivity index (χ1v) is 9.46. The quantitative estimate of drug-likeness (QED) is 0.606. The minimum atomic E-state index is -0.0493. The average Bonchev–Trinajstić information content (AvgIpc) is 2.66. The first-order valence-electron chi connectivity index (χ1n) is 9.08. The number of hydrogen-bond donors (Lipinski definition) is 2. The van der Waals surface area contributed by atoms with Gasteiger partial charge in [-0.3, -0.25) is 4.79 Å². The molecule has 0 atom stereocenters. The molecular weight excluding hydrogens is 364 g/mol. The van der Waals surface area contributed by atoms with Crippen LogP contribution in [0.3, 0.4) is 0 Å². The molecule has 2 aromatic carbocycles. The summed E-state index contributed by atoms with van der Waals surface area (Å²) >= 11 is 6.35. The average molecular weight is 391 g/mol. The van der Waals surface area contributed by atoms with Gasteiger partial charge in [0, 0.05) is 23.8 Å². The largest absolute Gasteiger partial charge is 0.493 e. The van der Waals surface area contributed by atoms with Crippen molar-refractivity contribution in [2.45, 2.75) is 33.7 Å². The summed E-state index contributed by atoms with van der Waals surface area (Å²) in [6.07, 6.45) is 0.899. The van der Waals surface area contributed by atoms with Crippen molar-refractivity contribution in [2.24, 2.45) is 5.92 Å². The SMILES string of the molecule is CCCOc1c(Cl)cc(CNc2ccc(NC(=O)C(C)C)cc2)cc1OC. The van der Waals surface area contributed by atoms with Crippen LogP contribution in [0, 0.1) is 5.92 Å². The number of amides is 1. The second kappa shape index (κ2) is 10.1. The topological polar surface area (TPSA) is 59.6 Å². The number of anilines is 2. The Morgan fingerprint density at radius 2 is 1.81 bits per heavy atom. The normalized spacial score (nSPS) is 10.6. The number of ether oxygens (including phenoxy) is 2. The third kappa shape index (κ3) is 6.07. The van der Waals surface area contributed by atoms with Crippen LogP contribution in [-0.2, 0) is 11.3 Å². The lowest BCUT2D eigenvalue weighted by Crippen LogP contribution is -2.17. The molecule has 146 valence electrons. The van der Waals surface area contributed by atoms with Crippen molar-refractivity contribution in [3.63, 3.8) is 0 Å². The predicted molar refractivity (Wildman–Crippen MR) is 111 cm³/mol. The molecule has 0 spiro atoms. The van der Waals surface area contributed by atoms with Crippen LogP contribution in [0.5, 0.6) is 11.5 Å². The zero-order chi connectivity index (χ0) is 19.8. The van der Waals surface area contributed by atoms with Gasteiger partial charge in [0.05, 0.1) is 18.7 Å². The lowest BCUT2D eigenvalue weighted by atomic mass is 10.2. The van der Waals surface area contributed by atoms with Crippen molar-refractivity contribution in [1.29, 1.82) is 0 Å². The van der Waals surface area contributed by atoms with E-state index in [4.69, 9.17) is 21.1 Å². The Kier molecular flexibility index (Phi) is 7.80. The van der Waals surface area contributed by atoms with Crippen LogP contribution >= 0.6 is 11.6 Å². The van der Waals surface area contributed by atoms with Gasteiger partial charge in [-0.25, -0.2) is 0 Å². The maximum Gasteiger partial charge on any atom is 0.226 e. The lowest BCUT2D eigenvalue weighted by Gasteiger charge is -2.15. The molecule has 2 rings (SSSR count). The van der Waals surface area contributed by atoms with Crippen LogP contribution in [0.15, 0.2) is 36.4 Å². The van der Waals surface area contributed by atoms with E-state index in [0.717, 1.165) is 23.4 Å². The van der Waals surface area contributed by atoms with Crippen molar-refractivity contribution >= 4 is 28.9 Å². The van der Waals surface area contributed by atoms with Gasteiger partial charge in [-0.15, -0.1) is 0 Å². The molecule has 0 aliphatic carbocycles. The third-order valence-electron chi connectivity index (χ3n) is 3.91. The summed E-state index contributed by atoms with van der Waals surface area (Å²) in [4.78, 5) is 11.7. The second-order valence-electron chi connectivity index (χ2n) is 6.53. The minimum absolute atomic E-state index is 0.00262. The molecule has 2 aromatic rings. The molecular formula is C21H27ClN2O3. The number of halogens is 1. The number of carbonyl (C=O) groups excluding carboxylic acids is 1. The van der Waals surface area contributed by atoms with Gasteiger partial charge >= 0.3 is 0 Å². The van der Waals surface area contributed by atoms with Crippen LogP contribution in [0.4, 0.5) is 11.4 Å². The molecule has 5 nitrogen and oxygen atoms in total. The maximum absolute atomic E-state index is 11.7. The van der Waals surface area contributed by atoms with E-state index >= 15 is 0 Å². The van der Waals surface area contributed by atoms with E-state index in [2.05, 4.69) is 10.6 Å². The summed E-state index contributed by atoms with van der Waals surface area (Å²) in [5.41, 5.74) is 2.71. The molecule has 6 heteroatoms. The highest BCUT2D eigenvalue weighted by Crippen LogP contribution is 2.36. The fraction of sp³-hybridized carbons (Fsp3) is 0.381. The monoisotopic (exact) mass is 390 g/mol. The van der Waals surface area contributed by atoms with Gasteiger partial charge in [-0.1, -0.05) is 32.4 Å². The standard InChI is InChI=1S/C21H27ClN2O3/c1-5-10-27-20-18(22)11-15(12-19(20)26-4)13-23-16-6-8-17(9-7-16)24-21(25)14(2)3/h6-9,11-12,14,23H,5,10,13H2,1-4H3,(H,24,25). The van der Waals surface area contributed by atoms with E-state index in [1.165, 1.54) is 0 Å². The van der Waals surface area contributed by atoms with Gasteiger partial charge in [0.15, 0.2) is 11.5 Å². The molecule has 0 unspecified atom stereocenters. The summed E-state index contributed by atoms with van der Waals surface area (Å²) in [5, 5.41) is 6.74. The zero-order valence-electron chi connectivity index (χ0n) is 16.3. The van der Waals surface area contributed by atoms with E-state index in [0.29, 0.717) is 29.7 Å². The molecule has 0 saturated heterocycles. The van der Waals surface area contributed by atoms with Crippen LogP contribution < -0.4 is 20.1 Å². The van der Waals surface area contributed by atoms with Crippen molar-refractivity contribution in [1.82, 2.24) is 0 Å². The molecule has 2 N–H and O–H groups in total. The zero-order valence-corrected chi connectivity index (χ0v) is 17.0. The van der Waals surface area contributed by atoms with Crippen molar-refractivity contribution in [3.05, 3.63) is 47.0 Å². The number of nitrogens with one attached hydrogen (secondary N) is 2. The fourth-order valence-electron chi connectivity index (χ4n) is 2.38. The molecule has 0 aromatic heterocycles. The van der Waals surface area contributed by atoms with Gasteiger partial charge in [0.1, 0.15) is 0 Å². The maximum atomic E-state index is 11.7. The van der Waals surface area contributed by atoms with E-state index in [-0.39, 0.29) is 11.8 Å². The highest BCUT2D eigenvalue weighted by Gasteiger charge is 2.12. The van der Waals surface area contributed by atoms with Crippen LogP contribution in [0.1, 0.15) is 32.8 Å². The Labute approximate surface area is 166 Å². The summed E-state index contributed by atoms with van der Waals surface area (Å²) in [6.45, 7) is 6.94. The summed E-state index contributed by atoms with van der Waals surface area (Å²) in [6, 6.07) is 11.4. The smallest absolute Gasteiger partial charge is 0.226 e. The predicted octanol–water partition coefficient (Wildman–Crippen LogP) is 5.34. The molecule has 0 bridgehead atoms. The van der Waals surface area contributed by atoms with Crippen molar-refractivity contribution < 1.29 is 14.3 Å². The second-order valence-corrected chi connectivity index (χ2v) is 6.94. The Balaban J connectivity index is 2.01. The molecule has 1 amide bonds. The van der Waals surface area contributed by atoms with Gasteiger partial charge in [-0.05, 0) is 48.4 Å². The first kappa shape index (κ1) is 20.9. The highest BCUT2D eigenvalue weighted by atomic mass is 35.5. The molecule has 0 heterocycles. The fourth-order valence-corrected chi connectivity index (χ4v) is 2.67. The molecule has 0 aliphatic heterocycles. The van der Waals surface area contributed by atoms with Crippen molar-refractivity contribution in [2.75, 3.05) is 24.4 Å². The van der Waals surface area contributed by atoms with Crippen LogP contribution in [-0.4, -0.2) is 19.6 Å². The number of carbonyl (C=O) groups is 1. The van der Waals surface area contributed by atoms with E-state index < -0.39 is 0 Å². The number of hydrogen-bond acceptors (Lipinski definition) is 4. The number of rotatable bonds is 9. The Morgan fingerprint density at radius 3 is 2.41 bits per heavy atom. The molecule has 0 fully saturated rings. The van der Waals surface area contributed by atoms with Gasteiger partial charge in [-0.2, -0.15) is 0 Å². The number of methoxy groups -OCH3 is 1. The summed E-state index contributed by atoms with van der Waals surface area (Å²) in [5.74, 6) is 1.16. The van der Waals surface area contributed by atoms with Gasteiger partial charge in [0.2, 0.25) is 5.91 Å². The summed E-state index contributed by atoms with van der Waals surface area (Å²) in [7, 11) is 1.60. The minimum Gasteiger partial charge on any atom is -0.493 e. The molecule has 0 aliphatic rings. The van der Waals surface area contributed by atoms with Gasteiger partial charge in [0.25, 0.3) is 0 Å². The lowest BCUT2D eigenvalue weighted by molar-refractivity contribution is -0.118. The Hall–Kier alpha value is -2.40. The van der Waals surface area contributed by atoms with E-state index in [9.17, 15) is 4.79 Å². The van der Waals surface area contributed by atoms with Crippen LogP contribution in [0.2, 0.25) is 5.02 Å². The molecule has 0 saturated carbocycles. The Morgan fingerprint density at radius 1 is 1.15 bits per heavy atom. The molecule has 0 radical (unpaired) electrons. The van der Waals surface area contributed by atoms with Crippen LogP contribution in [0.25, 0.3) is 0 Å². The molecule has 27 heavy (non-hydrogen) atoms. The van der Waals surface area contributed by atoms with Crippen molar-refractivity contribution in [3.8, 4) is 11.5 Å². The van der Waals surface area contributed by atoms with E-state index in [1.807, 2.05) is 57.2 Å². The van der Waals surface area contributed by atoms with Gasteiger partial charge < -0.3 is 20.1 Å². The number of benzene rings is 2. The highest BCUT2D eigenvalue weighted by molar-refractivity contribution is 6.32. The van der Waals surface area contributed by atoms with E-state index in [1.54, 1.807) is 7.11 Å². The Bertz CT molecular complexity index is 761. The third-order valence-corrected chi connectivity index (χ3v) is 4.19. The summed E-state index contributed by atoms with van der Waals surface area (Å²) < 4.78 is 11.1. The first-order chi connectivity index (χ1) is 12.9.